The van der Waals surface area contributed by atoms with Gasteiger partial charge in [0.15, 0.2) is 0 Å². The van der Waals surface area contributed by atoms with E-state index in [0.29, 0.717) is 0 Å². The summed E-state index contributed by atoms with van der Waals surface area (Å²) in [5, 5.41) is 0. The van der Waals surface area contributed by atoms with Crippen LogP contribution >= 0.6 is 11.8 Å². The van der Waals surface area contributed by atoms with Crippen LogP contribution in [0.2, 0.25) is 0 Å². The van der Waals surface area contributed by atoms with Crippen molar-refractivity contribution in [1.82, 2.24) is 0 Å². The van der Waals surface area contributed by atoms with Gasteiger partial charge in [-0.05, 0) is 24.3 Å². The van der Waals surface area contributed by atoms with Gasteiger partial charge in [-0.2, -0.15) is 8.78 Å². The van der Waals surface area contributed by atoms with Crippen molar-refractivity contribution in [3.8, 4) is 0 Å². The topological polar surface area (TPSA) is 72.5 Å². The highest BCUT2D eigenvalue weighted by Crippen LogP contribution is 2.33. The molecule has 0 saturated carbocycles. The average Bonchev–Trinajstić information content (AvgIpc) is 2.55. The predicted molar refractivity (Wildman–Crippen MR) is 86.9 cm³/mol. The lowest BCUT2D eigenvalue weighted by Crippen LogP contribution is -2.18. The Balaban J connectivity index is 2.42. The molecule has 0 heterocycles. The molecule has 128 valence electrons. The second-order valence-electron chi connectivity index (χ2n) is 4.47. The van der Waals surface area contributed by atoms with Gasteiger partial charge in [0.05, 0.1) is 18.4 Å². The highest BCUT2D eigenvalue weighted by atomic mass is 32.2. The first kappa shape index (κ1) is 18.2. The van der Waals surface area contributed by atoms with E-state index in [1.54, 1.807) is 0 Å². The van der Waals surface area contributed by atoms with Crippen molar-refractivity contribution in [1.29, 1.82) is 0 Å². The van der Waals surface area contributed by atoms with E-state index in [4.69, 9.17) is 0 Å². The van der Waals surface area contributed by atoms with Crippen LogP contribution in [-0.2, 0) is 14.8 Å². The summed E-state index contributed by atoms with van der Waals surface area (Å²) in [6.45, 7) is 0. The summed E-state index contributed by atoms with van der Waals surface area (Å²) in [6.07, 6.45) is 0. The number of anilines is 1. The van der Waals surface area contributed by atoms with Crippen molar-refractivity contribution in [2.45, 2.75) is 15.5 Å². The lowest BCUT2D eigenvalue weighted by atomic mass is 10.2. The molecule has 2 rings (SSSR count). The molecule has 0 spiro atoms. The van der Waals surface area contributed by atoms with Crippen molar-refractivity contribution in [2.24, 2.45) is 0 Å². The molecular formula is C15H13F2NO4S2. The Morgan fingerprint density at radius 3 is 2.42 bits per heavy atom. The summed E-state index contributed by atoms with van der Waals surface area (Å²) in [5.41, 5.74) is -0.144. The number of sulfonamides is 1. The SMILES string of the molecule is COC(=O)c1ccccc1S(=O)(=O)Nc1ccccc1SC(F)F. The van der Waals surface area contributed by atoms with Gasteiger partial charge >= 0.3 is 5.97 Å². The van der Waals surface area contributed by atoms with E-state index in [9.17, 15) is 22.0 Å². The second-order valence-corrected chi connectivity index (χ2v) is 7.15. The Morgan fingerprint density at radius 1 is 1.12 bits per heavy atom. The van der Waals surface area contributed by atoms with Gasteiger partial charge in [-0.25, -0.2) is 13.2 Å². The average molecular weight is 373 g/mol. The molecule has 0 amide bonds. The lowest BCUT2D eigenvalue weighted by molar-refractivity contribution is 0.0596. The maximum atomic E-state index is 12.6. The van der Waals surface area contributed by atoms with Crippen molar-refractivity contribution >= 4 is 33.4 Å². The van der Waals surface area contributed by atoms with Crippen LogP contribution in [0.15, 0.2) is 58.3 Å². The summed E-state index contributed by atoms with van der Waals surface area (Å²) in [4.78, 5) is 11.5. The Kier molecular flexibility index (Phi) is 5.79. The van der Waals surface area contributed by atoms with Gasteiger partial charge in [-0.15, -0.1) is 0 Å². The summed E-state index contributed by atoms with van der Waals surface area (Å²) >= 11 is 0.224. The number of benzene rings is 2. The van der Waals surface area contributed by atoms with E-state index in [0.717, 1.165) is 7.11 Å². The fourth-order valence-corrected chi connectivity index (χ4v) is 3.86. The second kappa shape index (κ2) is 7.63. The maximum Gasteiger partial charge on any atom is 0.339 e. The first-order valence-corrected chi connectivity index (χ1v) is 8.95. The van der Waals surface area contributed by atoms with Crippen LogP contribution < -0.4 is 4.72 Å². The number of hydrogen-bond donors (Lipinski definition) is 1. The van der Waals surface area contributed by atoms with Crippen molar-refractivity contribution in [2.75, 3.05) is 11.8 Å². The maximum absolute atomic E-state index is 12.6. The predicted octanol–water partition coefficient (Wildman–Crippen LogP) is 3.59. The third-order valence-corrected chi connectivity index (χ3v) is 5.14. The number of rotatable bonds is 6. The first-order chi connectivity index (χ1) is 11.3. The molecule has 0 atom stereocenters. The molecule has 0 bridgehead atoms. The van der Waals surface area contributed by atoms with Gasteiger partial charge < -0.3 is 4.74 Å². The van der Waals surface area contributed by atoms with E-state index in [2.05, 4.69) is 9.46 Å². The van der Waals surface area contributed by atoms with Gasteiger partial charge in [0.1, 0.15) is 4.90 Å². The lowest BCUT2D eigenvalue weighted by Gasteiger charge is -2.13. The van der Waals surface area contributed by atoms with Crippen LogP contribution in [0.25, 0.3) is 0 Å². The number of alkyl halides is 2. The summed E-state index contributed by atoms with van der Waals surface area (Å²) in [6, 6.07) is 11.2. The molecule has 0 aliphatic heterocycles. The zero-order valence-electron chi connectivity index (χ0n) is 12.4. The van der Waals surface area contributed by atoms with Crippen LogP contribution in [0.3, 0.4) is 0 Å². The monoisotopic (exact) mass is 373 g/mol. The number of hydrogen-bond acceptors (Lipinski definition) is 5. The number of thioether (sulfide) groups is 1. The zero-order valence-corrected chi connectivity index (χ0v) is 14.0. The Hall–Kier alpha value is -2.13. The molecule has 0 aromatic heterocycles. The minimum absolute atomic E-state index is 0.00229. The van der Waals surface area contributed by atoms with Crippen LogP contribution in [0.1, 0.15) is 10.4 Å². The van der Waals surface area contributed by atoms with E-state index < -0.39 is 21.8 Å². The first-order valence-electron chi connectivity index (χ1n) is 6.59. The number of nitrogens with one attached hydrogen (secondary N) is 1. The van der Waals surface area contributed by atoms with Crippen molar-refractivity contribution in [3.63, 3.8) is 0 Å². The van der Waals surface area contributed by atoms with Crippen LogP contribution in [0, 0.1) is 0 Å². The smallest absolute Gasteiger partial charge is 0.339 e. The molecule has 2 aromatic carbocycles. The number of carbonyl (C=O) groups excluding carboxylic acids is 1. The van der Waals surface area contributed by atoms with E-state index in [1.807, 2.05) is 0 Å². The normalized spacial score (nSPS) is 11.3. The molecule has 0 saturated heterocycles. The van der Waals surface area contributed by atoms with Gasteiger partial charge in [-0.1, -0.05) is 36.0 Å². The molecule has 0 unspecified atom stereocenters. The Morgan fingerprint density at radius 2 is 1.75 bits per heavy atom. The van der Waals surface area contributed by atoms with Gasteiger partial charge in [0.25, 0.3) is 15.8 Å². The molecule has 9 heteroatoms. The van der Waals surface area contributed by atoms with Gasteiger partial charge in [0, 0.05) is 4.90 Å². The van der Waals surface area contributed by atoms with Gasteiger partial charge in [-0.3, -0.25) is 4.72 Å². The molecule has 2 aromatic rings. The molecule has 5 nitrogen and oxygen atoms in total. The minimum Gasteiger partial charge on any atom is -0.465 e. The highest BCUT2D eigenvalue weighted by Gasteiger charge is 2.24. The van der Waals surface area contributed by atoms with E-state index >= 15 is 0 Å². The number of ether oxygens (including phenoxy) is 1. The molecule has 0 aliphatic rings. The van der Waals surface area contributed by atoms with Gasteiger partial charge in [0.2, 0.25) is 0 Å². The fourth-order valence-electron chi connectivity index (χ4n) is 1.93. The summed E-state index contributed by atoms with van der Waals surface area (Å²) < 4.78 is 57.1. The zero-order chi connectivity index (χ0) is 17.7. The van der Waals surface area contributed by atoms with Crippen molar-refractivity contribution in [3.05, 3.63) is 54.1 Å². The Labute approximate surface area is 142 Å². The third kappa shape index (κ3) is 4.24. The Bertz CT molecular complexity index is 841. The molecule has 1 N–H and O–H groups in total. The fraction of sp³-hybridized carbons (Fsp3) is 0.133. The standard InChI is InChI=1S/C15H13F2NO4S2/c1-22-14(19)10-6-2-5-9-13(10)24(20,21)18-11-7-3-4-8-12(11)23-15(16)17/h2-9,15,18H,1H3. The van der Waals surface area contributed by atoms with Crippen molar-refractivity contribution < 1.29 is 26.7 Å². The largest absolute Gasteiger partial charge is 0.465 e. The molecule has 0 aliphatic carbocycles. The molecule has 0 fully saturated rings. The van der Waals surface area contributed by atoms with E-state index in [-0.39, 0.29) is 32.8 Å². The highest BCUT2D eigenvalue weighted by molar-refractivity contribution is 7.99. The van der Waals surface area contributed by atoms with Crippen LogP contribution in [0.5, 0.6) is 0 Å². The van der Waals surface area contributed by atoms with Crippen LogP contribution in [0.4, 0.5) is 14.5 Å². The number of methoxy groups -OCH3 is 1. The van der Waals surface area contributed by atoms with Crippen LogP contribution in [-0.4, -0.2) is 27.3 Å². The number of para-hydroxylation sites is 1. The number of esters is 1. The number of carbonyl (C=O) groups is 1. The summed E-state index contributed by atoms with van der Waals surface area (Å²) in [5.74, 6) is -3.51. The molecule has 24 heavy (non-hydrogen) atoms. The number of halogens is 2. The molecular weight excluding hydrogens is 360 g/mol. The quantitative estimate of drug-likeness (QED) is 0.619. The minimum atomic E-state index is -4.17. The summed E-state index contributed by atoms with van der Waals surface area (Å²) in [7, 11) is -3.03. The molecule has 0 radical (unpaired) electrons. The third-order valence-electron chi connectivity index (χ3n) is 2.93. The van der Waals surface area contributed by atoms with E-state index in [1.165, 1.54) is 48.5 Å².